The Morgan fingerprint density at radius 3 is 2.67 bits per heavy atom. The van der Waals surface area contributed by atoms with Crippen LogP contribution in [0.1, 0.15) is 0 Å². The van der Waals surface area contributed by atoms with Crippen molar-refractivity contribution in [3.8, 4) is 17.0 Å². The van der Waals surface area contributed by atoms with E-state index in [-0.39, 0.29) is 0 Å². The molecule has 1 aromatic carbocycles. The number of ether oxygens (including phenoxy) is 1. The van der Waals surface area contributed by atoms with Crippen molar-refractivity contribution in [3.63, 3.8) is 0 Å². The molecule has 0 radical (unpaired) electrons. The lowest BCUT2D eigenvalue weighted by Crippen LogP contribution is -1.91. The molecule has 0 fully saturated rings. The summed E-state index contributed by atoms with van der Waals surface area (Å²) in [5.74, 6) is 0.824. The maximum Gasteiger partial charge on any atom is 0.118 e. The van der Waals surface area contributed by atoms with Gasteiger partial charge in [0.2, 0.25) is 0 Å². The molecule has 0 spiro atoms. The van der Waals surface area contributed by atoms with E-state index in [4.69, 9.17) is 4.74 Å². The Morgan fingerprint density at radius 2 is 1.89 bits per heavy atom. The van der Waals surface area contributed by atoms with Crippen LogP contribution < -0.4 is 4.74 Å². The summed E-state index contributed by atoms with van der Waals surface area (Å²) in [5, 5.41) is 9.19. The second kappa shape index (κ2) is 4.41. The fraction of sp³-hybridized carbons (Fsp3) is 0.0714. The topological polar surface area (TPSA) is 47.9 Å². The monoisotopic (exact) mass is 237 g/mol. The summed E-state index contributed by atoms with van der Waals surface area (Å²) in [5.41, 5.74) is 2.68. The fourth-order valence-electron chi connectivity index (χ4n) is 1.88. The Kier molecular flexibility index (Phi) is 2.61. The molecule has 2 aromatic heterocycles. The number of nitrogens with zero attached hydrogens (tertiary/aromatic N) is 3. The van der Waals surface area contributed by atoms with Gasteiger partial charge in [0.05, 0.1) is 18.8 Å². The number of methoxy groups -OCH3 is 1. The molecule has 0 N–H and O–H groups in total. The van der Waals surface area contributed by atoms with Gasteiger partial charge in [0, 0.05) is 17.1 Å². The molecule has 4 heteroatoms. The number of fused-ring (bicyclic) bond motifs is 1. The van der Waals surface area contributed by atoms with Gasteiger partial charge in [0.25, 0.3) is 0 Å². The summed E-state index contributed by atoms with van der Waals surface area (Å²) in [7, 11) is 1.65. The summed E-state index contributed by atoms with van der Waals surface area (Å²) in [6.07, 6.45) is 3.42. The molecule has 2 heterocycles. The molecule has 3 aromatic rings. The van der Waals surface area contributed by atoms with Crippen molar-refractivity contribution >= 4 is 10.9 Å². The van der Waals surface area contributed by atoms with Gasteiger partial charge in [0.1, 0.15) is 11.4 Å². The van der Waals surface area contributed by atoms with E-state index in [2.05, 4.69) is 15.2 Å². The van der Waals surface area contributed by atoms with Gasteiger partial charge < -0.3 is 4.74 Å². The quantitative estimate of drug-likeness (QED) is 0.687. The fourth-order valence-corrected chi connectivity index (χ4v) is 1.88. The smallest absolute Gasteiger partial charge is 0.118 e. The highest BCUT2D eigenvalue weighted by molar-refractivity contribution is 5.91. The molecule has 88 valence electrons. The van der Waals surface area contributed by atoms with E-state index in [9.17, 15) is 0 Å². The summed E-state index contributed by atoms with van der Waals surface area (Å²) >= 11 is 0. The van der Waals surface area contributed by atoms with Crippen molar-refractivity contribution in [2.45, 2.75) is 0 Å². The average molecular weight is 237 g/mol. The highest BCUT2D eigenvalue weighted by Gasteiger charge is 2.06. The first kappa shape index (κ1) is 10.7. The third-order valence-corrected chi connectivity index (χ3v) is 2.79. The molecular weight excluding hydrogens is 226 g/mol. The largest absolute Gasteiger partial charge is 0.497 e. The van der Waals surface area contributed by atoms with E-state index < -0.39 is 0 Å². The first-order chi connectivity index (χ1) is 8.88. The lowest BCUT2D eigenvalue weighted by atomic mass is 10.1. The zero-order chi connectivity index (χ0) is 12.4. The molecule has 18 heavy (non-hydrogen) atoms. The van der Waals surface area contributed by atoms with Gasteiger partial charge in [-0.3, -0.25) is 4.98 Å². The van der Waals surface area contributed by atoms with Crippen molar-refractivity contribution in [1.82, 2.24) is 15.2 Å². The van der Waals surface area contributed by atoms with Crippen LogP contribution in [-0.2, 0) is 0 Å². The molecule has 0 saturated carbocycles. The lowest BCUT2D eigenvalue weighted by Gasteiger charge is -2.05. The lowest BCUT2D eigenvalue weighted by molar-refractivity contribution is 0.415. The molecule has 0 saturated heterocycles. The van der Waals surface area contributed by atoms with Crippen LogP contribution in [0, 0.1) is 0 Å². The van der Waals surface area contributed by atoms with Gasteiger partial charge in [0.15, 0.2) is 0 Å². The summed E-state index contributed by atoms with van der Waals surface area (Å²) < 4.78 is 5.14. The van der Waals surface area contributed by atoms with E-state index in [1.807, 2.05) is 36.4 Å². The number of aromatic nitrogens is 3. The van der Waals surface area contributed by atoms with Crippen molar-refractivity contribution in [2.75, 3.05) is 7.11 Å². The summed E-state index contributed by atoms with van der Waals surface area (Å²) in [6, 6.07) is 11.6. The first-order valence-corrected chi connectivity index (χ1v) is 5.59. The maximum atomic E-state index is 5.14. The first-order valence-electron chi connectivity index (χ1n) is 5.59. The Bertz CT molecular complexity index is 675. The SMILES string of the molecule is COc1ccc(-c2nncc3ncccc23)cc1. The minimum atomic E-state index is 0.824. The predicted molar refractivity (Wildman–Crippen MR) is 69.3 cm³/mol. The zero-order valence-corrected chi connectivity index (χ0v) is 9.87. The summed E-state index contributed by atoms with van der Waals surface area (Å²) in [6.45, 7) is 0. The van der Waals surface area contributed by atoms with Gasteiger partial charge in [-0.1, -0.05) is 0 Å². The number of hydrogen-bond acceptors (Lipinski definition) is 4. The third-order valence-electron chi connectivity index (χ3n) is 2.79. The Morgan fingerprint density at radius 1 is 1.06 bits per heavy atom. The van der Waals surface area contributed by atoms with Crippen LogP contribution in [0.4, 0.5) is 0 Å². The van der Waals surface area contributed by atoms with E-state index in [1.165, 1.54) is 0 Å². The number of pyridine rings is 1. The van der Waals surface area contributed by atoms with Crippen LogP contribution >= 0.6 is 0 Å². The summed E-state index contributed by atoms with van der Waals surface area (Å²) in [4.78, 5) is 4.27. The van der Waals surface area contributed by atoms with Crippen LogP contribution in [-0.4, -0.2) is 22.3 Å². The Balaban J connectivity index is 2.18. The molecule has 0 amide bonds. The molecule has 0 bridgehead atoms. The minimum Gasteiger partial charge on any atom is -0.497 e. The molecule has 0 atom stereocenters. The van der Waals surface area contributed by atoms with E-state index >= 15 is 0 Å². The second-order valence-corrected chi connectivity index (χ2v) is 3.86. The second-order valence-electron chi connectivity index (χ2n) is 3.86. The Hall–Kier alpha value is -2.49. The molecule has 0 unspecified atom stereocenters. The number of benzene rings is 1. The highest BCUT2D eigenvalue weighted by Crippen LogP contribution is 2.25. The van der Waals surface area contributed by atoms with Crippen molar-refractivity contribution in [2.24, 2.45) is 0 Å². The average Bonchev–Trinajstić information content (AvgIpc) is 2.47. The Labute approximate surface area is 104 Å². The van der Waals surface area contributed by atoms with Gasteiger partial charge in [-0.05, 0) is 36.4 Å². The normalized spacial score (nSPS) is 10.5. The van der Waals surface area contributed by atoms with E-state index in [0.29, 0.717) is 0 Å². The van der Waals surface area contributed by atoms with Crippen LogP contribution in [0.15, 0.2) is 48.8 Å². The predicted octanol–water partition coefficient (Wildman–Crippen LogP) is 2.70. The third kappa shape index (κ3) is 1.78. The van der Waals surface area contributed by atoms with Crippen LogP contribution in [0.3, 0.4) is 0 Å². The van der Waals surface area contributed by atoms with Gasteiger partial charge in [-0.15, -0.1) is 5.10 Å². The van der Waals surface area contributed by atoms with E-state index in [1.54, 1.807) is 19.5 Å². The van der Waals surface area contributed by atoms with Crippen LogP contribution in [0.5, 0.6) is 5.75 Å². The van der Waals surface area contributed by atoms with Crippen molar-refractivity contribution in [3.05, 3.63) is 48.8 Å². The standard InChI is InChI=1S/C14H11N3O/c1-18-11-6-4-10(5-7-11)14-12-3-2-8-15-13(12)9-16-17-14/h2-9H,1H3. The number of rotatable bonds is 2. The molecule has 0 aliphatic rings. The van der Waals surface area contributed by atoms with E-state index in [0.717, 1.165) is 27.9 Å². The molecular formula is C14H11N3O. The molecule has 3 rings (SSSR count). The van der Waals surface area contributed by atoms with Crippen LogP contribution in [0.25, 0.3) is 22.2 Å². The molecule has 4 nitrogen and oxygen atoms in total. The maximum absolute atomic E-state index is 5.14. The molecule has 0 aliphatic carbocycles. The van der Waals surface area contributed by atoms with Gasteiger partial charge >= 0.3 is 0 Å². The highest BCUT2D eigenvalue weighted by atomic mass is 16.5. The van der Waals surface area contributed by atoms with Gasteiger partial charge in [-0.2, -0.15) is 5.10 Å². The van der Waals surface area contributed by atoms with Crippen molar-refractivity contribution < 1.29 is 4.74 Å². The zero-order valence-electron chi connectivity index (χ0n) is 9.87. The van der Waals surface area contributed by atoms with Crippen LogP contribution in [0.2, 0.25) is 0 Å². The number of hydrogen-bond donors (Lipinski definition) is 0. The van der Waals surface area contributed by atoms with Gasteiger partial charge in [-0.25, -0.2) is 0 Å². The minimum absolute atomic E-state index is 0.824. The van der Waals surface area contributed by atoms with Crippen molar-refractivity contribution in [1.29, 1.82) is 0 Å². The molecule has 0 aliphatic heterocycles.